The van der Waals surface area contributed by atoms with Crippen molar-refractivity contribution >= 4 is 6.03 Å². The van der Waals surface area contributed by atoms with Crippen molar-refractivity contribution in [2.24, 2.45) is 7.05 Å². The molecule has 23 heavy (non-hydrogen) atoms. The number of morpholine rings is 1. The van der Waals surface area contributed by atoms with Crippen molar-refractivity contribution in [3.8, 4) is 0 Å². The number of rotatable bonds is 3. The molecular weight excluding hydrogens is 292 g/mol. The molecule has 1 aliphatic heterocycles. The summed E-state index contributed by atoms with van der Waals surface area (Å²) in [6.45, 7) is 3.64. The lowest BCUT2D eigenvalue weighted by atomic mass is 10.1. The summed E-state index contributed by atoms with van der Waals surface area (Å²) in [5.74, 6) is 0. The number of amides is 2. The minimum atomic E-state index is -0.0795. The van der Waals surface area contributed by atoms with Gasteiger partial charge in [-0.1, -0.05) is 30.3 Å². The van der Waals surface area contributed by atoms with Gasteiger partial charge in [0, 0.05) is 31.9 Å². The maximum atomic E-state index is 12.4. The number of hydrogen-bond donors (Lipinski definition) is 1. The van der Waals surface area contributed by atoms with Crippen LogP contribution in [0.15, 0.2) is 42.7 Å². The average molecular weight is 314 g/mol. The van der Waals surface area contributed by atoms with E-state index in [0.29, 0.717) is 19.6 Å². The predicted octanol–water partition coefficient (Wildman–Crippen LogP) is 2.09. The smallest absolute Gasteiger partial charge is 0.317 e. The number of urea groups is 1. The SMILES string of the molecule is C[C@@H]1CN(C(=O)NCc2cnn(C)c2)C[C@@H](c2ccccc2)O1. The van der Waals surface area contributed by atoms with Crippen LogP contribution >= 0.6 is 0 Å². The van der Waals surface area contributed by atoms with Crippen LogP contribution in [0.3, 0.4) is 0 Å². The van der Waals surface area contributed by atoms with Gasteiger partial charge in [-0.15, -0.1) is 0 Å². The molecular formula is C17H22N4O2. The Bertz CT molecular complexity index is 656. The number of benzene rings is 1. The molecule has 2 aromatic rings. The van der Waals surface area contributed by atoms with E-state index in [2.05, 4.69) is 10.4 Å². The molecule has 1 saturated heterocycles. The number of carbonyl (C=O) groups excluding carboxylic acids is 1. The lowest BCUT2D eigenvalue weighted by Gasteiger charge is -2.37. The van der Waals surface area contributed by atoms with Crippen LogP contribution < -0.4 is 5.32 Å². The van der Waals surface area contributed by atoms with Crippen LogP contribution in [-0.2, 0) is 18.3 Å². The number of nitrogens with one attached hydrogen (secondary N) is 1. The molecule has 6 nitrogen and oxygen atoms in total. The molecule has 1 fully saturated rings. The summed E-state index contributed by atoms with van der Waals surface area (Å²) in [5, 5.41) is 7.06. The van der Waals surface area contributed by atoms with E-state index in [1.807, 2.05) is 55.4 Å². The fourth-order valence-electron chi connectivity index (χ4n) is 2.82. The highest BCUT2D eigenvalue weighted by molar-refractivity contribution is 5.74. The minimum absolute atomic E-state index is 0.0121. The van der Waals surface area contributed by atoms with Gasteiger partial charge < -0.3 is 15.0 Å². The van der Waals surface area contributed by atoms with Gasteiger partial charge in [-0.05, 0) is 12.5 Å². The Hall–Kier alpha value is -2.34. The van der Waals surface area contributed by atoms with E-state index < -0.39 is 0 Å². The maximum absolute atomic E-state index is 12.4. The molecule has 0 aliphatic carbocycles. The van der Waals surface area contributed by atoms with E-state index >= 15 is 0 Å². The zero-order chi connectivity index (χ0) is 16.2. The molecule has 1 N–H and O–H groups in total. The highest BCUT2D eigenvalue weighted by Crippen LogP contribution is 2.25. The van der Waals surface area contributed by atoms with Crippen LogP contribution in [0.5, 0.6) is 0 Å². The molecule has 6 heteroatoms. The standard InChI is InChI=1S/C17H22N4O2/c1-13-10-21(12-16(23-13)15-6-4-3-5-7-15)17(22)18-8-14-9-19-20(2)11-14/h3-7,9,11,13,16H,8,10,12H2,1-2H3,(H,18,22)/t13-,16+/m1/s1. The molecule has 0 bridgehead atoms. The lowest BCUT2D eigenvalue weighted by Crippen LogP contribution is -2.49. The van der Waals surface area contributed by atoms with Gasteiger partial charge in [0.2, 0.25) is 0 Å². The first-order chi connectivity index (χ1) is 11.1. The van der Waals surface area contributed by atoms with E-state index in [1.54, 1.807) is 10.9 Å². The molecule has 122 valence electrons. The van der Waals surface area contributed by atoms with Crippen LogP contribution in [0, 0.1) is 0 Å². The molecule has 0 spiro atoms. The molecule has 0 saturated carbocycles. The Morgan fingerprint density at radius 1 is 1.35 bits per heavy atom. The quantitative estimate of drug-likeness (QED) is 0.944. The second-order valence-corrected chi connectivity index (χ2v) is 5.93. The topological polar surface area (TPSA) is 59.4 Å². The molecule has 1 aromatic heterocycles. The minimum Gasteiger partial charge on any atom is -0.367 e. The highest BCUT2D eigenvalue weighted by atomic mass is 16.5. The summed E-state index contributed by atoms with van der Waals surface area (Å²) in [6, 6.07) is 9.97. The van der Waals surface area contributed by atoms with Gasteiger partial charge in [0.15, 0.2) is 0 Å². The average Bonchev–Trinajstić information content (AvgIpc) is 2.98. The third-order valence-corrected chi connectivity index (χ3v) is 3.92. The fraction of sp³-hybridized carbons (Fsp3) is 0.412. The second-order valence-electron chi connectivity index (χ2n) is 5.93. The van der Waals surface area contributed by atoms with Crippen molar-refractivity contribution in [2.75, 3.05) is 13.1 Å². The largest absolute Gasteiger partial charge is 0.367 e. The Labute approximate surface area is 136 Å². The molecule has 2 atom stereocenters. The zero-order valence-corrected chi connectivity index (χ0v) is 13.5. The van der Waals surface area contributed by atoms with Crippen LogP contribution in [0.4, 0.5) is 4.79 Å². The van der Waals surface area contributed by atoms with Gasteiger partial charge in [-0.3, -0.25) is 4.68 Å². The van der Waals surface area contributed by atoms with E-state index in [9.17, 15) is 4.79 Å². The van der Waals surface area contributed by atoms with Gasteiger partial charge in [0.05, 0.1) is 18.8 Å². The van der Waals surface area contributed by atoms with E-state index in [4.69, 9.17) is 4.74 Å². The third-order valence-electron chi connectivity index (χ3n) is 3.92. The van der Waals surface area contributed by atoms with Crippen molar-refractivity contribution < 1.29 is 9.53 Å². The third kappa shape index (κ3) is 3.90. The fourth-order valence-corrected chi connectivity index (χ4v) is 2.82. The van der Waals surface area contributed by atoms with Crippen molar-refractivity contribution in [1.29, 1.82) is 0 Å². The zero-order valence-electron chi connectivity index (χ0n) is 13.5. The summed E-state index contributed by atoms with van der Waals surface area (Å²) in [5.41, 5.74) is 2.09. The molecule has 2 amide bonds. The number of aromatic nitrogens is 2. The van der Waals surface area contributed by atoms with Gasteiger partial charge in [-0.25, -0.2) is 4.79 Å². The Morgan fingerprint density at radius 3 is 2.83 bits per heavy atom. The molecule has 1 aliphatic rings. The van der Waals surface area contributed by atoms with Crippen molar-refractivity contribution in [3.63, 3.8) is 0 Å². The highest BCUT2D eigenvalue weighted by Gasteiger charge is 2.29. The number of carbonyl (C=O) groups is 1. The van der Waals surface area contributed by atoms with Crippen LogP contribution in [0.2, 0.25) is 0 Å². The van der Waals surface area contributed by atoms with Gasteiger partial charge in [0.1, 0.15) is 6.10 Å². The number of aryl methyl sites for hydroxylation is 1. The summed E-state index contributed by atoms with van der Waals surface area (Å²) < 4.78 is 7.71. The summed E-state index contributed by atoms with van der Waals surface area (Å²) in [7, 11) is 1.86. The lowest BCUT2D eigenvalue weighted by molar-refractivity contribution is -0.0657. The predicted molar refractivity (Wildman–Crippen MR) is 86.7 cm³/mol. The normalized spacial score (nSPS) is 21.2. The van der Waals surface area contributed by atoms with Gasteiger partial charge >= 0.3 is 6.03 Å². The van der Waals surface area contributed by atoms with Crippen molar-refractivity contribution in [3.05, 3.63) is 53.9 Å². The van der Waals surface area contributed by atoms with E-state index in [1.165, 1.54) is 0 Å². The van der Waals surface area contributed by atoms with Gasteiger partial charge in [-0.2, -0.15) is 5.10 Å². The van der Waals surface area contributed by atoms with Crippen LogP contribution in [0.1, 0.15) is 24.2 Å². The Balaban J connectivity index is 1.61. The first-order valence-electron chi connectivity index (χ1n) is 7.82. The second kappa shape index (κ2) is 6.83. The maximum Gasteiger partial charge on any atom is 0.317 e. The van der Waals surface area contributed by atoms with Crippen LogP contribution in [-0.4, -0.2) is 39.9 Å². The Morgan fingerprint density at radius 2 is 2.13 bits per heavy atom. The van der Waals surface area contributed by atoms with E-state index in [-0.39, 0.29) is 18.2 Å². The monoisotopic (exact) mass is 314 g/mol. The first kappa shape index (κ1) is 15.6. The first-order valence-corrected chi connectivity index (χ1v) is 7.82. The van der Waals surface area contributed by atoms with Crippen LogP contribution in [0.25, 0.3) is 0 Å². The summed E-state index contributed by atoms with van der Waals surface area (Å²) in [6.07, 6.45) is 3.59. The molecule has 2 heterocycles. The summed E-state index contributed by atoms with van der Waals surface area (Å²) >= 11 is 0. The molecule has 0 unspecified atom stereocenters. The number of ether oxygens (including phenoxy) is 1. The van der Waals surface area contributed by atoms with Crippen molar-refractivity contribution in [1.82, 2.24) is 20.0 Å². The molecule has 0 radical (unpaired) electrons. The Kier molecular flexibility index (Phi) is 4.62. The van der Waals surface area contributed by atoms with Gasteiger partial charge in [0.25, 0.3) is 0 Å². The van der Waals surface area contributed by atoms with Crippen molar-refractivity contribution in [2.45, 2.75) is 25.7 Å². The van der Waals surface area contributed by atoms with E-state index in [0.717, 1.165) is 11.1 Å². The number of hydrogen-bond acceptors (Lipinski definition) is 3. The molecule has 1 aromatic carbocycles. The number of nitrogens with zero attached hydrogens (tertiary/aromatic N) is 3. The molecule has 3 rings (SSSR count). The summed E-state index contributed by atoms with van der Waals surface area (Å²) in [4.78, 5) is 14.3.